The Kier molecular flexibility index (Phi) is 8.51. The van der Waals surface area contributed by atoms with E-state index in [1.54, 1.807) is 22.9 Å². The molecule has 0 saturated heterocycles. The van der Waals surface area contributed by atoms with Crippen LogP contribution >= 0.6 is 0 Å². The van der Waals surface area contributed by atoms with Crippen molar-refractivity contribution in [3.63, 3.8) is 0 Å². The number of fused-ring (bicyclic) bond motifs is 1. The molecule has 0 aliphatic rings. The van der Waals surface area contributed by atoms with Gasteiger partial charge in [-0.3, -0.25) is 9.59 Å². The first-order chi connectivity index (χ1) is 14.0. The number of pyridine rings is 1. The fourth-order valence-electron chi connectivity index (χ4n) is 3.52. The lowest BCUT2D eigenvalue weighted by Crippen LogP contribution is -2.36. The van der Waals surface area contributed by atoms with Crippen LogP contribution in [-0.2, 0) is 6.54 Å². The van der Waals surface area contributed by atoms with Crippen molar-refractivity contribution in [2.75, 3.05) is 40.4 Å². The second-order valence-electron chi connectivity index (χ2n) is 6.98. The molecule has 0 aliphatic heterocycles. The van der Waals surface area contributed by atoms with Gasteiger partial charge in [0.25, 0.3) is 11.5 Å². The summed E-state index contributed by atoms with van der Waals surface area (Å²) < 4.78 is 12.2. The first-order valence-electron chi connectivity index (χ1n) is 10.3. The number of nitrogens with zero attached hydrogens (tertiary/aromatic N) is 2. The second kappa shape index (κ2) is 10.9. The maximum Gasteiger partial charge on any atom is 0.258 e. The summed E-state index contributed by atoms with van der Waals surface area (Å²) in [6.45, 7) is 10.1. The number of carbonyl (C=O) groups is 1. The molecule has 0 aliphatic carbocycles. The number of amides is 1. The predicted molar refractivity (Wildman–Crippen MR) is 116 cm³/mol. The molecule has 0 saturated carbocycles. The van der Waals surface area contributed by atoms with E-state index in [0.717, 1.165) is 32.5 Å². The molecule has 2 aromatic rings. The molecule has 1 amide bonds. The van der Waals surface area contributed by atoms with Gasteiger partial charge in [-0.15, -0.1) is 0 Å². The van der Waals surface area contributed by atoms with Gasteiger partial charge >= 0.3 is 0 Å². The van der Waals surface area contributed by atoms with Crippen LogP contribution in [-0.4, -0.2) is 55.8 Å². The highest BCUT2D eigenvalue weighted by Gasteiger charge is 2.18. The monoisotopic (exact) mass is 403 g/mol. The lowest BCUT2D eigenvalue weighted by molar-refractivity contribution is 0.0949. The molecule has 2 rings (SSSR count). The molecule has 0 unspecified atom stereocenters. The van der Waals surface area contributed by atoms with Crippen LogP contribution in [0.4, 0.5) is 0 Å². The number of aromatic nitrogens is 1. The van der Waals surface area contributed by atoms with E-state index in [-0.39, 0.29) is 11.5 Å². The standard InChI is InChI=1S/C22H33N3O4/c1-6-10-24(11-7-2)12-9-23-21(26)18-15-25(8-3)22(27)17-14-20(29-5)19(28-4)13-16(17)18/h13-15H,6-12H2,1-5H3,(H,23,26). The number of hydrogen-bond donors (Lipinski definition) is 1. The minimum absolute atomic E-state index is 0.155. The molecule has 1 N–H and O–H groups in total. The highest BCUT2D eigenvalue weighted by Crippen LogP contribution is 2.32. The van der Waals surface area contributed by atoms with Gasteiger partial charge in [0, 0.05) is 31.2 Å². The van der Waals surface area contributed by atoms with E-state index in [4.69, 9.17) is 9.47 Å². The maximum absolute atomic E-state index is 13.0. The summed E-state index contributed by atoms with van der Waals surface area (Å²) in [7, 11) is 3.06. The molecular formula is C22H33N3O4. The smallest absolute Gasteiger partial charge is 0.258 e. The molecular weight excluding hydrogens is 370 g/mol. The fraction of sp³-hybridized carbons (Fsp3) is 0.545. The van der Waals surface area contributed by atoms with Crippen molar-refractivity contribution in [2.24, 2.45) is 0 Å². The summed E-state index contributed by atoms with van der Waals surface area (Å²) >= 11 is 0. The summed E-state index contributed by atoms with van der Waals surface area (Å²) in [5.74, 6) is 0.754. The highest BCUT2D eigenvalue weighted by atomic mass is 16.5. The minimum Gasteiger partial charge on any atom is -0.493 e. The van der Waals surface area contributed by atoms with E-state index in [1.807, 2.05) is 6.92 Å². The summed E-state index contributed by atoms with van der Waals surface area (Å²) in [4.78, 5) is 28.1. The number of methoxy groups -OCH3 is 2. The van der Waals surface area contributed by atoms with Crippen molar-refractivity contribution >= 4 is 16.7 Å². The van der Waals surface area contributed by atoms with Crippen LogP contribution in [0, 0.1) is 0 Å². The Balaban J connectivity index is 2.36. The van der Waals surface area contributed by atoms with Gasteiger partial charge in [-0.1, -0.05) is 13.8 Å². The zero-order chi connectivity index (χ0) is 21.4. The van der Waals surface area contributed by atoms with E-state index < -0.39 is 0 Å². The number of rotatable bonds is 11. The topological polar surface area (TPSA) is 72.8 Å². The SMILES string of the molecule is CCCN(CCC)CCNC(=O)c1cn(CC)c(=O)c2cc(OC)c(OC)cc12. The highest BCUT2D eigenvalue weighted by molar-refractivity contribution is 6.07. The van der Waals surface area contributed by atoms with Crippen LogP contribution in [0.1, 0.15) is 44.0 Å². The average molecular weight is 404 g/mol. The molecule has 1 aromatic heterocycles. The van der Waals surface area contributed by atoms with E-state index in [0.29, 0.717) is 40.9 Å². The van der Waals surface area contributed by atoms with Gasteiger partial charge in [0.1, 0.15) is 0 Å². The molecule has 0 fully saturated rings. The first kappa shape index (κ1) is 22.7. The number of aryl methyl sites for hydroxylation is 1. The van der Waals surface area contributed by atoms with Crippen LogP contribution in [0.3, 0.4) is 0 Å². The lowest BCUT2D eigenvalue weighted by atomic mass is 10.1. The maximum atomic E-state index is 13.0. The quantitative estimate of drug-likeness (QED) is 0.625. The number of nitrogens with one attached hydrogen (secondary N) is 1. The third-order valence-corrected chi connectivity index (χ3v) is 4.97. The molecule has 0 bridgehead atoms. The zero-order valence-electron chi connectivity index (χ0n) is 18.2. The van der Waals surface area contributed by atoms with Crippen LogP contribution in [0.2, 0.25) is 0 Å². The van der Waals surface area contributed by atoms with Crippen LogP contribution in [0.25, 0.3) is 10.8 Å². The van der Waals surface area contributed by atoms with E-state index in [1.165, 1.54) is 14.2 Å². The predicted octanol–water partition coefficient (Wildman–Crippen LogP) is 2.89. The number of ether oxygens (including phenoxy) is 2. The Labute approximate surface area is 172 Å². The molecule has 29 heavy (non-hydrogen) atoms. The van der Waals surface area contributed by atoms with Crippen molar-refractivity contribution in [1.82, 2.24) is 14.8 Å². The normalized spacial score (nSPS) is 11.1. The Hall–Kier alpha value is -2.54. The minimum atomic E-state index is -0.197. The Morgan fingerprint density at radius 2 is 1.59 bits per heavy atom. The fourth-order valence-corrected chi connectivity index (χ4v) is 3.52. The van der Waals surface area contributed by atoms with Crippen molar-refractivity contribution in [1.29, 1.82) is 0 Å². The summed E-state index contributed by atoms with van der Waals surface area (Å²) in [6, 6.07) is 3.34. The van der Waals surface area contributed by atoms with E-state index in [9.17, 15) is 9.59 Å². The van der Waals surface area contributed by atoms with Crippen molar-refractivity contribution in [2.45, 2.75) is 40.2 Å². The third kappa shape index (κ3) is 5.29. The number of carbonyl (C=O) groups excluding carboxylic acids is 1. The first-order valence-corrected chi connectivity index (χ1v) is 10.3. The number of benzene rings is 1. The molecule has 0 atom stereocenters. The van der Waals surface area contributed by atoms with Crippen LogP contribution < -0.4 is 20.3 Å². The van der Waals surface area contributed by atoms with Gasteiger partial charge in [-0.25, -0.2) is 0 Å². The lowest BCUT2D eigenvalue weighted by Gasteiger charge is -2.21. The van der Waals surface area contributed by atoms with Crippen molar-refractivity contribution in [3.8, 4) is 11.5 Å². The Bertz CT molecular complexity index is 886. The zero-order valence-corrected chi connectivity index (χ0v) is 18.2. The van der Waals surface area contributed by atoms with Crippen LogP contribution in [0.15, 0.2) is 23.1 Å². The largest absolute Gasteiger partial charge is 0.493 e. The molecule has 1 aromatic carbocycles. The van der Waals surface area contributed by atoms with E-state index in [2.05, 4.69) is 24.1 Å². The summed E-state index contributed by atoms with van der Waals surface area (Å²) in [6.07, 6.45) is 3.80. The van der Waals surface area contributed by atoms with Gasteiger partial charge in [-0.05, 0) is 45.0 Å². The Morgan fingerprint density at radius 3 is 2.10 bits per heavy atom. The summed E-state index contributed by atoms with van der Waals surface area (Å²) in [5, 5.41) is 4.01. The average Bonchev–Trinajstić information content (AvgIpc) is 2.73. The third-order valence-electron chi connectivity index (χ3n) is 4.97. The molecule has 0 spiro atoms. The molecule has 7 heteroatoms. The summed E-state index contributed by atoms with van der Waals surface area (Å²) in [5.41, 5.74) is 0.303. The Morgan fingerprint density at radius 1 is 1.00 bits per heavy atom. The van der Waals surface area contributed by atoms with E-state index >= 15 is 0 Å². The van der Waals surface area contributed by atoms with Gasteiger partial charge < -0.3 is 24.3 Å². The van der Waals surface area contributed by atoms with Gasteiger partial charge in [-0.2, -0.15) is 0 Å². The van der Waals surface area contributed by atoms with Gasteiger partial charge in [0.15, 0.2) is 11.5 Å². The van der Waals surface area contributed by atoms with Crippen molar-refractivity contribution < 1.29 is 14.3 Å². The molecule has 1 heterocycles. The second-order valence-corrected chi connectivity index (χ2v) is 6.98. The number of hydrogen-bond acceptors (Lipinski definition) is 5. The molecule has 7 nitrogen and oxygen atoms in total. The van der Waals surface area contributed by atoms with Gasteiger partial charge in [0.05, 0.1) is 25.2 Å². The molecule has 160 valence electrons. The molecule has 0 radical (unpaired) electrons. The van der Waals surface area contributed by atoms with Crippen LogP contribution in [0.5, 0.6) is 11.5 Å². The van der Waals surface area contributed by atoms with Crippen molar-refractivity contribution in [3.05, 3.63) is 34.2 Å². The van der Waals surface area contributed by atoms with Gasteiger partial charge in [0.2, 0.25) is 0 Å².